The van der Waals surface area contributed by atoms with Crippen molar-refractivity contribution in [3.63, 3.8) is 0 Å². The van der Waals surface area contributed by atoms with Crippen LogP contribution in [0.1, 0.15) is 322 Å². The molecule has 9 nitrogen and oxygen atoms in total. The minimum atomic E-state index is -1.64. The van der Waals surface area contributed by atoms with Crippen LogP contribution in [0.5, 0.6) is 0 Å². The minimum Gasteiger partial charge on any atom is -0.545 e. The number of unbranched alkanes of at least 4 members (excludes halogenated alkanes) is 31. The third-order valence-corrected chi connectivity index (χ3v) is 16.8. The Morgan fingerprint density at radius 2 is 0.588 bits per heavy atom. The van der Waals surface area contributed by atoms with Crippen LogP contribution in [-0.2, 0) is 33.3 Å². The Bertz CT molecular complexity index is 2160. The highest BCUT2D eigenvalue weighted by molar-refractivity contribution is 5.70. The second-order valence-corrected chi connectivity index (χ2v) is 27.3. The summed E-state index contributed by atoms with van der Waals surface area (Å²) >= 11 is 0. The van der Waals surface area contributed by atoms with Gasteiger partial charge in [0.2, 0.25) is 0 Å². The summed E-state index contributed by atoms with van der Waals surface area (Å²) in [5.74, 6) is -2.35. The molecule has 0 aromatic carbocycles. The summed E-state index contributed by atoms with van der Waals surface area (Å²) in [6.45, 7) is 4.58. The quantitative estimate of drug-likeness (QED) is 0.0195. The lowest BCUT2D eigenvalue weighted by Gasteiger charge is -2.26. The molecule has 0 fully saturated rings. The fraction of sp³-hybridized carbons (Fsp3) is 0.670. The molecule has 2 atom stereocenters. The first-order valence-corrected chi connectivity index (χ1v) is 39.6. The number of aliphatic carboxylic acids is 1. The van der Waals surface area contributed by atoms with Crippen LogP contribution < -0.4 is 5.11 Å². The second-order valence-electron chi connectivity index (χ2n) is 27.3. The van der Waals surface area contributed by atoms with Gasteiger partial charge in [0.15, 0.2) is 12.4 Å². The van der Waals surface area contributed by atoms with Gasteiger partial charge < -0.3 is 33.3 Å². The van der Waals surface area contributed by atoms with Gasteiger partial charge in [-0.25, -0.2) is 0 Å². The number of carboxylic acid groups (broad SMARTS) is 1. The molecule has 0 aromatic heterocycles. The Hall–Kier alpha value is -5.09. The normalized spacial score (nSPS) is 13.5. The van der Waals surface area contributed by atoms with E-state index in [0.29, 0.717) is 17.4 Å². The first kappa shape index (κ1) is 91.9. The highest BCUT2D eigenvalue weighted by Crippen LogP contribution is 2.18. The van der Waals surface area contributed by atoms with E-state index in [-0.39, 0.29) is 38.6 Å². The van der Waals surface area contributed by atoms with Crippen LogP contribution in [0.25, 0.3) is 0 Å². The summed E-state index contributed by atoms with van der Waals surface area (Å²) in [6.07, 6.45) is 111. The van der Waals surface area contributed by atoms with Crippen LogP contribution in [0.3, 0.4) is 0 Å². The maximum atomic E-state index is 12.9. The van der Waals surface area contributed by atoms with Crippen LogP contribution >= 0.6 is 0 Å². The molecule has 0 aliphatic rings. The number of carboxylic acids is 1. The molecule has 9 heteroatoms. The second kappa shape index (κ2) is 76.7. The van der Waals surface area contributed by atoms with E-state index < -0.39 is 24.3 Å². The molecular formula is C88H147NO8. The van der Waals surface area contributed by atoms with Gasteiger partial charge in [-0.2, -0.15) is 0 Å². The average Bonchev–Trinajstić information content (AvgIpc) is 2.59. The Morgan fingerprint density at radius 3 is 0.897 bits per heavy atom. The predicted molar refractivity (Wildman–Crippen MR) is 416 cm³/mol. The van der Waals surface area contributed by atoms with Crippen LogP contribution in [0.15, 0.2) is 158 Å². The zero-order valence-corrected chi connectivity index (χ0v) is 63.1. The number of allylic oxidation sites excluding steroid dienone is 26. The molecule has 0 bridgehead atoms. The third-order valence-electron chi connectivity index (χ3n) is 16.8. The molecule has 0 rings (SSSR count). The summed E-state index contributed by atoms with van der Waals surface area (Å²) in [5.41, 5.74) is 0. The third kappa shape index (κ3) is 78.1. The maximum Gasteiger partial charge on any atom is 0.306 e. The van der Waals surface area contributed by atoms with Crippen molar-refractivity contribution in [2.24, 2.45) is 0 Å². The van der Waals surface area contributed by atoms with Crippen molar-refractivity contribution in [2.75, 3.05) is 47.5 Å². The van der Waals surface area contributed by atoms with Crippen molar-refractivity contribution in [3.8, 4) is 0 Å². The zero-order valence-electron chi connectivity index (χ0n) is 63.1. The Balaban J connectivity index is 4.12. The van der Waals surface area contributed by atoms with E-state index in [9.17, 15) is 19.5 Å². The number of nitrogens with zero attached hydrogens (tertiary/aromatic N) is 1. The van der Waals surface area contributed by atoms with Gasteiger partial charge >= 0.3 is 11.9 Å². The molecule has 0 N–H and O–H groups in total. The number of carbonyl (C=O) groups is 3. The van der Waals surface area contributed by atoms with Crippen LogP contribution in [0, 0.1) is 0 Å². The van der Waals surface area contributed by atoms with Crippen molar-refractivity contribution in [1.29, 1.82) is 0 Å². The number of hydrogen-bond donors (Lipinski definition) is 0. The zero-order chi connectivity index (χ0) is 70.4. The maximum absolute atomic E-state index is 12.9. The summed E-state index contributed by atoms with van der Waals surface area (Å²) in [7, 11) is 5.91. The summed E-state index contributed by atoms with van der Waals surface area (Å²) in [6, 6.07) is 0. The fourth-order valence-electron chi connectivity index (χ4n) is 10.8. The monoisotopic (exact) mass is 1350 g/mol. The molecule has 2 unspecified atom stereocenters. The average molecular weight is 1350 g/mol. The highest BCUT2D eigenvalue weighted by atomic mass is 16.7. The molecule has 0 radical (unpaired) electrons. The van der Waals surface area contributed by atoms with Gasteiger partial charge in [0.25, 0.3) is 0 Å². The van der Waals surface area contributed by atoms with E-state index in [1.165, 1.54) is 180 Å². The molecular weight excluding hydrogens is 1200 g/mol. The first-order valence-electron chi connectivity index (χ1n) is 39.6. The van der Waals surface area contributed by atoms with E-state index in [1.807, 2.05) is 21.1 Å². The number of quaternary nitrogens is 1. The fourth-order valence-corrected chi connectivity index (χ4v) is 10.8. The number of likely N-dealkylation sites (N-methyl/N-ethyl adjacent to an activating group) is 1. The van der Waals surface area contributed by atoms with Gasteiger partial charge in [-0.15, -0.1) is 0 Å². The lowest BCUT2D eigenvalue weighted by molar-refractivity contribution is -0.870. The summed E-state index contributed by atoms with van der Waals surface area (Å²) in [5, 5.41) is 11.9. The predicted octanol–water partition coefficient (Wildman–Crippen LogP) is 24.3. The van der Waals surface area contributed by atoms with E-state index in [4.69, 9.17) is 18.9 Å². The minimum absolute atomic E-state index is 0.132. The number of esters is 2. The smallest absolute Gasteiger partial charge is 0.306 e. The Kier molecular flexibility index (Phi) is 72.6. The van der Waals surface area contributed by atoms with Crippen molar-refractivity contribution < 1.29 is 42.9 Å². The Labute approximate surface area is 597 Å². The molecule has 0 amide bonds. The molecule has 0 heterocycles. The Morgan fingerprint density at radius 1 is 0.320 bits per heavy atom. The van der Waals surface area contributed by atoms with Gasteiger partial charge in [0, 0.05) is 12.8 Å². The van der Waals surface area contributed by atoms with Crippen molar-refractivity contribution >= 4 is 17.9 Å². The van der Waals surface area contributed by atoms with E-state index in [0.717, 1.165) is 109 Å². The lowest BCUT2D eigenvalue weighted by Crippen LogP contribution is -2.44. The molecule has 0 aromatic rings. The highest BCUT2D eigenvalue weighted by Gasteiger charge is 2.22. The van der Waals surface area contributed by atoms with Crippen LogP contribution in [-0.4, -0.2) is 82.3 Å². The molecule has 0 saturated carbocycles. The standard InChI is InChI=1S/C88H147NO8/c1-6-8-10-12-14-16-18-20-22-24-26-28-30-32-34-36-38-40-41-42-43-44-45-47-48-50-52-54-56-58-60-62-64-66-68-70-72-74-76-78-85(90)95-82-84(83-96-88(87(92)93)94-81-80-89(3,4)5)97-86(91)79-77-75-73-71-69-67-65-63-61-59-57-55-53-51-49-46-39-37-35-33-31-29-27-25-23-21-19-17-15-13-11-9-7-2/h9,11,15,17-18,20-21,23-24,26-27,29-30,32-33,35,39,46,51,53,57,59,63,65,69,71,84,88H,6-8,10,12-14,16,19,22,25,28,31,34,36-38,40-45,47-50,52,54-56,58,60-62,64,66-68,70,72-83H2,1-5H3/b11-9-,17-15-,20-18-,23-21-,26-24-,29-27-,32-30-,35-33-,46-39-,53-51-,59-57-,65-63-,71-69-. The van der Waals surface area contributed by atoms with E-state index >= 15 is 0 Å². The summed E-state index contributed by atoms with van der Waals surface area (Å²) in [4.78, 5) is 37.6. The molecule has 0 saturated heterocycles. The van der Waals surface area contributed by atoms with E-state index in [1.54, 1.807) is 0 Å². The van der Waals surface area contributed by atoms with Gasteiger partial charge in [-0.3, -0.25) is 9.59 Å². The van der Waals surface area contributed by atoms with Crippen LogP contribution in [0.2, 0.25) is 0 Å². The van der Waals surface area contributed by atoms with Crippen molar-refractivity contribution in [1.82, 2.24) is 0 Å². The molecule has 552 valence electrons. The van der Waals surface area contributed by atoms with Crippen molar-refractivity contribution in [3.05, 3.63) is 158 Å². The molecule has 97 heavy (non-hydrogen) atoms. The molecule has 0 spiro atoms. The van der Waals surface area contributed by atoms with Crippen molar-refractivity contribution in [2.45, 2.75) is 334 Å². The number of carbonyl (C=O) groups excluding carboxylic acids is 3. The van der Waals surface area contributed by atoms with E-state index in [2.05, 4.69) is 172 Å². The number of hydrogen-bond acceptors (Lipinski definition) is 8. The number of rotatable bonds is 72. The topological polar surface area (TPSA) is 111 Å². The largest absolute Gasteiger partial charge is 0.545 e. The van der Waals surface area contributed by atoms with Gasteiger partial charge in [0.1, 0.15) is 13.2 Å². The summed E-state index contributed by atoms with van der Waals surface area (Å²) < 4.78 is 22.8. The van der Waals surface area contributed by atoms with Crippen LogP contribution in [0.4, 0.5) is 0 Å². The molecule has 0 aliphatic heterocycles. The SMILES string of the molecule is CC/C=C\C/C=C\C/C=C\C/C=C\C/C=C\C/C=C\C/C=C\C/C=C\C/C=C\C/C=C\CCCCC(=O)OC(COC(=O)CCCCCCCCCCCCCCCCCCCCCCCCCC/C=C\C/C=C\C/C=C\CCCCCCC)COC(OCC[N+](C)(C)C)C(=O)[O-]. The molecule has 0 aliphatic carbocycles. The first-order chi connectivity index (χ1) is 47.6. The van der Waals surface area contributed by atoms with Gasteiger partial charge in [-0.1, -0.05) is 339 Å². The van der Waals surface area contributed by atoms with Gasteiger partial charge in [0.05, 0.1) is 40.3 Å². The number of ether oxygens (including phenoxy) is 4. The lowest BCUT2D eigenvalue weighted by atomic mass is 10.0. The van der Waals surface area contributed by atoms with Gasteiger partial charge in [-0.05, 0) is 128 Å².